The second-order valence-electron chi connectivity index (χ2n) is 26.8. The van der Waals surface area contributed by atoms with E-state index in [1.807, 2.05) is 42.5 Å². The number of sulfone groups is 1. The normalized spacial score (nSPS) is 18.4. The third-order valence-electron chi connectivity index (χ3n) is 19.9. The van der Waals surface area contributed by atoms with E-state index < -0.39 is 47.5 Å². The van der Waals surface area contributed by atoms with Gasteiger partial charge in [-0.1, -0.05) is 93.9 Å². The lowest BCUT2D eigenvalue weighted by Gasteiger charge is -2.39. The van der Waals surface area contributed by atoms with Crippen molar-refractivity contribution in [1.82, 2.24) is 29.6 Å². The summed E-state index contributed by atoms with van der Waals surface area (Å²) in [5.74, 6) is 8.14. The van der Waals surface area contributed by atoms with Gasteiger partial charge < -0.3 is 30.1 Å². The molecule has 1 saturated carbocycles. The van der Waals surface area contributed by atoms with E-state index in [-0.39, 0.29) is 40.1 Å². The monoisotopic (exact) mass is 1350 g/mol. The zero-order valence-corrected chi connectivity index (χ0v) is 58.2. The van der Waals surface area contributed by atoms with E-state index in [1.165, 1.54) is 67.3 Å². The van der Waals surface area contributed by atoms with Gasteiger partial charge in [0.25, 0.3) is 21.7 Å². The van der Waals surface area contributed by atoms with Crippen LogP contribution in [0.2, 0.25) is 0 Å². The number of aldehydes is 1. The van der Waals surface area contributed by atoms with Crippen LogP contribution in [0.4, 0.5) is 30.2 Å². The van der Waals surface area contributed by atoms with Crippen molar-refractivity contribution in [3.05, 3.63) is 131 Å². The predicted octanol–water partition coefficient (Wildman–Crippen LogP) is 12.9. The molecule has 0 spiro atoms. The van der Waals surface area contributed by atoms with Crippen LogP contribution in [0.5, 0.6) is 0 Å². The quantitative estimate of drug-likeness (QED) is 0.0116. The first-order valence-electron chi connectivity index (χ1n) is 33.2. The molecule has 3 unspecified atom stereocenters. The lowest BCUT2D eigenvalue weighted by Crippen LogP contribution is -2.47. The third kappa shape index (κ3) is 18.9. The number of amides is 4. The molecule has 3 fully saturated rings. The molecule has 0 aromatic heterocycles. The Labute approximate surface area is 560 Å². The molecule has 22 heteroatoms. The van der Waals surface area contributed by atoms with Gasteiger partial charge in [0.15, 0.2) is 6.29 Å². The molecule has 4 aromatic carbocycles. The van der Waals surface area contributed by atoms with Gasteiger partial charge in [0, 0.05) is 141 Å². The fourth-order valence-corrected chi connectivity index (χ4v) is 16.7. The van der Waals surface area contributed by atoms with Gasteiger partial charge >= 0.3 is 5.51 Å². The number of allylic oxidation sites excluding steroid dienone is 2. The number of alkyl halides is 3. The van der Waals surface area contributed by atoms with Crippen LogP contribution in [0, 0.1) is 16.7 Å². The number of imide groups is 1. The third-order valence-corrected chi connectivity index (χ3v) is 24.3. The smallest absolute Gasteiger partial charge is 0.384 e. The number of thioether (sulfide) groups is 1. The van der Waals surface area contributed by atoms with E-state index in [0.717, 1.165) is 113 Å². The summed E-state index contributed by atoms with van der Waals surface area (Å²) in [5, 5.41) is 8.67. The topological polar surface area (TPSA) is 184 Å². The molecule has 0 bridgehead atoms. The minimum absolute atomic E-state index is 0.0550. The summed E-state index contributed by atoms with van der Waals surface area (Å²) in [6.07, 6.45) is 12.6. The highest BCUT2D eigenvalue weighted by atomic mass is 32.2. The van der Waals surface area contributed by atoms with Gasteiger partial charge in [0.2, 0.25) is 12.3 Å². The number of hydrogen-bond donors (Lipinski definition) is 4. The van der Waals surface area contributed by atoms with Gasteiger partial charge in [0.1, 0.15) is 4.90 Å². The van der Waals surface area contributed by atoms with E-state index in [1.54, 1.807) is 55.4 Å². The number of piperazine rings is 2. The Morgan fingerprint density at radius 1 is 0.830 bits per heavy atom. The van der Waals surface area contributed by atoms with Gasteiger partial charge in [-0.05, 0) is 155 Å². The number of carbonyl (C=O) groups excluding carboxylic acids is 5. The number of hydrogen-bond acceptors (Lipinski definition) is 14. The van der Waals surface area contributed by atoms with Gasteiger partial charge in [-0.25, -0.2) is 8.42 Å². The second-order valence-corrected chi connectivity index (χ2v) is 32.2. The Balaban J connectivity index is 0.834. The molecule has 2 aliphatic heterocycles. The molecular weight excluding hydrogens is 1260 g/mol. The van der Waals surface area contributed by atoms with E-state index in [9.17, 15) is 45.6 Å². The molecule has 4 aromatic rings. The van der Waals surface area contributed by atoms with Crippen molar-refractivity contribution >= 4 is 90.2 Å². The van der Waals surface area contributed by atoms with Crippen molar-refractivity contribution in [3.63, 3.8) is 0 Å². The van der Waals surface area contributed by atoms with E-state index in [0.29, 0.717) is 66.5 Å². The van der Waals surface area contributed by atoms with Gasteiger partial charge in [0.05, 0.1) is 11.3 Å². The number of halogens is 3. The number of carbonyl (C=O) groups is 5. The van der Waals surface area contributed by atoms with Crippen LogP contribution < -0.4 is 25.6 Å². The van der Waals surface area contributed by atoms with Crippen LogP contribution >= 0.6 is 21.2 Å². The Hall–Kier alpha value is -6.59. The maximum Gasteiger partial charge on any atom is 0.501 e. The summed E-state index contributed by atoms with van der Waals surface area (Å²) in [7, 11) is -7.20. The minimum atomic E-state index is -5.91. The van der Waals surface area contributed by atoms with Crippen molar-refractivity contribution < 1.29 is 45.6 Å². The van der Waals surface area contributed by atoms with Gasteiger partial charge in [-0.2, -0.15) is 13.2 Å². The van der Waals surface area contributed by atoms with Crippen LogP contribution in [0.15, 0.2) is 129 Å². The lowest BCUT2D eigenvalue weighted by molar-refractivity contribution is -0.125. The highest BCUT2D eigenvalue weighted by Crippen LogP contribution is 2.64. The van der Waals surface area contributed by atoms with Crippen LogP contribution in [0.25, 0.3) is 0 Å². The van der Waals surface area contributed by atoms with Crippen LogP contribution in [0.3, 0.4) is 0 Å². The van der Waals surface area contributed by atoms with Crippen LogP contribution in [0.1, 0.15) is 149 Å². The molecule has 512 valence electrons. The summed E-state index contributed by atoms with van der Waals surface area (Å²) in [5.41, 5.74) is 1.76. The van der Waals surface area contributed by atoms with Gasteiger partial charge in [-0.15, -0.1) is 21.2 Å². The number of anilines is 3. The summed E-state index contributed by atoms with van der Waals surface area (Å²) >= 11 is 1.52. The maximum atomic E-state index is 14.7. The Bertz CT molecular complexity index is 3570. The number of benzene rings is 4. The first-order valence-corrected chi connectivity index (χ1v) is 37.6. The number of unbranched alkanes of at least 4 members (excludes halogenated alkanes) is 2. The molecule has 94 heavy (non-hydrogen) atoms. The molecule has 2 aliphatic carbocycles. The van der Waals surface area contributed by atoms with Crippen molar-refractivity contribution in [2.45, 2.75) is 150 Å². The molecule has 8 rings (SSSR count). The summed E-state index contributed by atoms with van der Waals surface area (Å²) in [6, 6.07) is 24.9. The highest BCUT2D eigenvalue weighted by molar-refractivity contribution is 8.26. The Morgan fingerprint density at radius 3 is 2.17 bits per heavy atom. The first kappa shape index (κ1) is 73.2. The molecule has 4 N–H and O–H groups in total. The Morgan fingerprint density at radius 2 is 1.52 bits per heavy atom. The van der Waals surface area contributed by atoms with Crippen molar-refractivity contribution in [2.24, 2.45) is 16.7 Å². The average Bonchev–Trinajstić information content (AvgIpc) is 1.55. The first-order chi connectivity index (χ1) is 44.7. The summed E-state index contributed by atoms with van der Waals surface area (Å²) in [4.78, 5) is 73.1. The zero-order chi connectivity index (χ0) is 68.0. The van der Waals surface area contributed by atoms with E-state index in [2.05, 4.69) is 86.3 Å². The standard InChI is InChI=1S/C72H98F3N9O7S3/c1-10-71(11-2)47-62(71)61-46-70(5,6)34-32-55(61)48-82-39-43-84(44-40-82)58-27-25-54(26-28-58)68(88)79-93(8,9)60-29-30-63(65(45-60)94(90,91)72(73,74)75)78-57(50-92-59-21-15-12-16-22-59)33-36-81-37-41-83(42-38-81)53(4)19-14-13-17-35-76-64-23-18-20-56(49-85)67(64)69(89)80(7)52(3)24-31-66(87)77-51-86/h12,15-16,18,20-23,25-30,45,49,51-52,57,62,76,78H,4,8-11,13-14,17,19,24,31-44,46-48,50H2,1-3,5-7H3,(H,79,88)(H,77,86,87). The zero-order valence-electron chi connectivity index (χ0n) is 55.8. The van der Waals surface area contributed by atoms with Gasteiger partial charge in [-0.3, -0.25) is 39.1 Å². The molecule has 4 aliphatic rings. The second kappa shape index (κ2) is 32.4. The van der Waals surface area contributed by atoms with E-state index in [4.69, 9.17) is 0 Å². The minimum Gasteiger partial charge on any atom is -0.384 e. The largest absolute Gasteiger partial charge is 0.501 e. The SMILES string of the molecule is C=C(CCCCCNc1cccc(C=O)c1C(=O)N(C)C(C)CCC(=O)NC=O)N1CCN(CCC(CSc2ccccc2)Nc2ccc(S(=C)(=C)NC(=O)c3ccc(N4CCN(CC5=C(C6CC6(CC)CC)CC(C)(C)CC5)CC4)cc3)cc2S(=O)(=O)C(F)(F)F)CC1. The molecular formula is C72H98F3N9O7S3. The predicted molar refractivity (Wildman–Crippen MR) is 378 cm³/mol. The lowest BCUT2D eigenvalue weighted by atomic mass is 9.71. The van der Waals surface area contributed by atoms with E-state index >= 15 is 0 Å². The molecule has 16 nitrogen and oxygen atoms in total. The van der Waals surface area contributed by atoms with Crippen molar-refractivity contribution in [1.29, 1.82) is 0 Å². The van der Waals surface area contributed by atoms with Crippen molar-refractivity contribution in [2.75, 3.05) is 100 Å². The number of nitrogens with one attached hydrogen (secondary N) is 4. The van der Waals surface area contributed by atoms with Crippen LogP contribution in [-0.4, -0.2) is 173 Å². The number of rotatable bonds is 33. The molecule has 3 atom stereocenters. The van der Waals surface area contributed by atoms with Crippen LogP contribution in [-0.2, 0) is 19.4 Å². The molecule has 2 saturated heterocycles. The maximum absolute atomic E-state index is 14.7. The Kier molecular flexibility index (Phi) is 25.3. The van der Waals surface area contributed by atoms with Crippen molar-refractivity contribution in [3.8, 4) is 0 Å². The fraction of sp³-hybridized carbons (Fsp3) is 0.514. The highest BCUT2D eigenvalue weighted by Gasteiger charge is 2.54. The average molecular weight is 1350 g/mol. The summed E-state index contributed by atoms with van der Waals surface area (Å²) in [6.45, 7) is 24.4. The molecule has 4 amide bonds. The number of nitrogens with zero attached hydrogens (tertiary/aromatic N) is 5. The fourth-order valence-electron chi connectivity index (χ4n) is 13.4. The molecule has 0 radical (unpaired) electrons. The summed E-state index contributed by atoms with van der Waals surface area (Å²) < 4.78 is 74.0. The molecule has 2 heterocycles.